The van der Waals surface area contributed by atoms with E-state index in [9.17, 15) is 9.59 Å². The van der Waals surface area contributed by atoms with Crippen molar-refractivity contribution in [2.45, 2.75) is 35.3 Å². The van der Waals surface area contributed by atoms with E-state index in [1.54, 1.807) is 12.1 Å². The van der Waals surface area contributed by atoms with Crippen molar-refractivity contribution in [3.05, 3.63) is 90.0 Å². The Morgan fingerprint density at radius 3 is 1.72 bits per heavy atom. The lowest BCUT2D eigenvalue weighted by Gasteiger charge is -2.28. The van der Waals surface area contributed by atoms with Crippen LogP contribution in [0.3, 0.4) is 0 Å². The van der Waals surface area contributed by atoms with Crippen molar-refractivity contribution in [2.24, 2.45) is 23.7 Å². The molecule has 1 heterocycles. The van der Waals surface area contributed by atoms with Crippen LogP contribution < -0.4 is 9.64 Å². The predicted octanol–water partition coefficient (Wildman–Crippen LogP) is 7.09. The summed E-state index contributed by atoms with van der Waals surface area (Å²) in [5, 5.41) is 0. The van der Waals surface area contributed by atoms with Crippen molar-refractivity contribution in [2.75, 3.05) is 4.90 Å². The van der Waals surface area contributed by atoms with Crippen LogP contribution in [0.4, 0.5) is 5.69 Å². The normalized spacial score (nSPS) is 29.1. The van der Waals surface area contributed by atoms with Gasteiger partial charge in [-0.1, -0.05) is 88.2 Å². The molecule has 2 saturated carbocycles. The van der Waals surface area contributed by atoms with Gasteiger partial charge in [0.1, 0.15) is 11.5 Å². The molecular weight excluding hydrogens is 582 g/mol. The van der Waals surface area contributed by atoms with Gasteiger partial charge in [0.2, 0.25) is 11.8 Å². The third-order valence-electron chi connectivity index (χ3n) is 8.39. The second-order valence-electron chi connectivity index (χ2n) is 10.6. The smallest absolute Gasteiger partial charge is 0.238 e. The summed E-state index contributed by atoms with van der Waals surface area (Å²) in [4.78, 5) is 28.4. The Morgan fingerprint density at radius 1 is 0.722 bits per heavy atom. The van der Waals surface area contributed by atoms with Crippen molar-refractivity contribution in [1.82, 2.24) is 0 Å². The van der Waals surface area contributed by atoms with Crippen molar-refractivity contribution < 1.29 is 14.3 Å². The molecule has 36 heavy (non-hydrogen) atoms. The summed E-state index contributed by atoms with van der Waals surface area (Å²) in [6, 6.07) is 25.9. The van der Waals surface area contributed by atoms with Crippen LogP contribution in [0.2, 0.25) is 0 Å². The summed E-state index contributed by atoms with van der Waals surface area (Å²) in [5.41, 5.74) is 2.97. The van der Waals surface area contributed by atoms with Gasteiger partial charge in [-0.2, -0.15) is 0 Å². The Balaban J connectivity index is 1.17. The number of imide groups is 1. The minimum atomic E-state index is -0.213. The minimum absolute atomic E-state index is 0.0633. The van der Waals surface area contributed by atoms with Gasteiger partial charge in [-0.05, 0) is 65.8 Å². The van der Waals surface area contributed by atoms with Gasteiger partial charge < -0.3 is 4.74 Å². The molecule has 184 valence electrons. The highest BCUT2D eigenvalue weighted by Gasteiger charge is 2.66. The summed E-state index contributed by atoms with van der Waals surface area (Å²) in [7, 11) is 0. The van der Waals surface area contributed by atoms with E-state index >= 15 is 0 Å². The Hall–Kier alpha value is -2.44. The van der Waals surface area contributed by atoms with E-state index in [1.807, 2.05) is 30.3 Å². The molecule has 0 N–H and O–H groups in total. The summed E-state index contributed by atoms with van der Waals surface area (Å²) < 4.78 is 6.07. The molecule has 2 aliphatic carbocycles. The summed E-state index contributed by atoms with van der Waals surface area (Å²) in [5.74, 6) is 1.27. The number of carbonyl (C=O) groups excluding carboxylic acids is 2. The van der Waals surface area contributed by atoms with Gasteiger partial charge in [0.25, 0.3) is 0 Å². The van der Waals surface area contributed by atoms with Gasteiger partial charge in [0.15, 0.2) is 0 Å². The molecule has 1 aliphatic heterocycles. The molecule has 6 atom stereocenters. The molecule has 3 fully saturated rings. The van der Waals surface area contributed by atoms with Gasteiger partial charge in [-0.3, -0.25) is 14.5 Å². The zero-order valence-electron chi connectivity index (χ0n) is 20.1. The average molecular weight is 609 g/mol. The molecule has 3 aromatic carbocycles. The number of hydrogen-bond donors (Lipinski definition) is 0. The molecule has 6 rings (SSSR count). The monoisotopic (exact) mass is 607 g/mol. The van der Waals surface area contributed by atoms with E-state index in [-0.39, 0.29) is 50.6 Å². The fraction of sp³-hybridized carbons (Fsp3) is 0.333. The maximum absolute atomic E-state index is 13.3. The largest absolute Gasteiger partial charge is 0.457 e. The molecule has 4 nitrogen and oxygen atoms in total. The molecule has 0 unspecified atom stereocenters. The summed E-state index contributed by atoms with van der Waals surface area (Å²) in [6.07, 6.45) is 0.931. The maximum atomic E-state index is 13.3. The molecule has 2 bridgehead atoms. The molecule has 6 heteroatoms. The zero-order chi connectivity index (χ0) is 25.2. The molecule has 2 amide bonds. The number of carbonyl (C=O) groups is 2. The third kappa shape index (κ3) is 3.67. The van der Waals surface area contributed by atoms with Crippen LogP contribution in [0.25, 0.3) is 0 Å². The SMILES string of the molecule is CC(C)(c1ccccc1)c1ccc(Oc2ccc(N3C(=O)[C@H]4[C@@H]5C[C@@H]([C@@H](Br)[C@H]5Br)[C@@H]4C3=O)cc2)cc1. The van der Waals surface area contributed by atoms with Gasteiger partial charge in [-0.15, -0.1) is 0 Å². The molecular formula is C30H27Br2NO3. The van der Waals surface area contributed by atoms with Crippen LogP contribution in [0.5, 0.6) is 11.5 Å². The molecule has 0 aromatic heterocycles. The number of ether oxygens (including phenoxy) is 1. The van der Waals surface area contributed by atoms with Crippen molar-refractivity contribution >= 4 is 49.4 Å². The Labute approximate surface area is 228 Å². The van der Waals surface area contributed by atoms with Gasteiger partial charge in [-0.25, -0.2) is 0 Å². The fourth-order valence-corrected chi connectivity index (χ4v) is 8.24. The van der Waals surface area contributed by atoms with Crippen LogP contribution in [-0.2, 0) is 15.0 Å². The third-order valence-corrected chi connectivity index (χ3v) is 11.6. The maximum Gasteiger partial charge on any atom is 0.238 e. The van der Waals surface area contributed by atoms with E-state index in [0.717, 1.165) is 12.2 Å². The second kappa shape index (κ2) is 8.84. The number of nitrogens with zero attached hydrogens (tertiary/aromatic N) is 1. The van der Waals surface area contributed by atoms with Gasteiger partial charge in [0.05, 0.1) is 17.5 Å². The Morgan fingerprint density at radius 2 is 1.19 bits per heavy atom. The molecule has 1 saturated heterocycles. The first-order chi connectivity index (χ1) is 17.3. The number of halogens is 2. The van der Waals surface area contributed by atoms with E-state index < -0.39 is 0 Å². The molecule has 0 spiro atoms. The standard InChI is InChI=1S/C30H27Br2NO3/c1-30(2,17-6-4-3-5-7-17)18-8-12-20(13-9-18)36-21-14-10-19(11-15-21)33-28(34)24-22-16-23(25(24)29(33)35)27(32)26(22)31/h3-15,22-27H,16H2,1-2H3/t22-,23+,24-,25-,26-,27+/m0/s1. The Kier molecular flexibility index (Phi) is 5.88. The number of amides is 2. The number of benzene rings is 3. The topological polar surface area (TPSA) is 46.6 Å². The minimum Gasteiger partial charge on any atom is -0.457 e. The number of hydrogen-bond acceptors (Lipinski definition) is 3. The first kappa shape index (κ1) is 23.9. The first-order valence-corrected chi connectivity index (χ1v) is 14.2. The van der Waals surface area contributed by atoms with Crippen molar-refractivity contribution in [3.8, 4) is 11.5 Å². The van der Waals surface area contributed by atoms with Gasteiger partial charge in [0, 0.05) is 15.1 Å². The van der Waals surface area contributed by atoms with E-state index in [2.05, 4.69) is 82.1 Å². The molecule has 0 radical (unpaired) electrons. The van der Waals surface area contributed by atoms with Crippen molar-refractivity contribution in [1.29, 1.82) is 0 Å². The van der Waals surface area contributed by atoms with Crippen LogP contribution in [0.15, 0.2) is 78.9 Å². The number of anilines is 1. The predicted molar refractivity (Wildman–Crippen MR) is 148 cm³/mol. The highest BCUT2D eigenvalue weighted by atomic mass is 79.9. The number of rotatable bonds is 5. The Bertz CT molecular complexity index is 1270. The highest BCUT2D eigenvalue weighted by Crippen LogP contribution is 2.60. The fourth-order valence-electron chi connectivity index (χ4n) is 6.36. The quantitative estimate of drug-likeness (QED) is 0.229. The van der Waals surface area contributed by atoms with Crippen LogP contribution in [0.1, 0.15) is 31.4 Å². The van der Waals surface area contributed by atoms with E-state index in [4.69, 9.17) is 4.74 Å². The zero-order valence-corrected chi connectivity index (χ0v) is 23.3. The molecule has 3 aromatic rings. The lowest BCUT2D eigenvalue weighted by Crippen LogP contribution is -2.37. The van der Waals surface area contributed by atoms with E-state index in [0.29, 0.717) is 11.4 Å². The molecule has 3 aliphatic rings. The summed E-state index contributed by atoms with van der Waals surface area (Å²) >= 11 is 7.49. The lowest BCUT2D eigenvalue weighted by molar-refractivity contribution is -0.123. The number of alkyl halides is 2. The summed E-state index contributed by atoms with van der Waals surface area (Å²) in [6.45, 7) is 4.43. The lowest BCUT2D eigenvalue weighted by atomic mass is 9.78. The average Bonchev–Trinajstić information content (AvgIpc) is 3.50. The van der Waals surface area contributed by atoms with Crippen molar-refractivity contribution in [3.63, 3.8) is 0 Å². The first-order valence-electron chi connectivity index (χ1n) is 12.4. The van der Waals surface area contributed by atoms with Crippen LogP contribution in [-0.4, -0.2) is 21.5 Å². The second-order valence-corrected chi connectivity index (χ2v) is 12.7. The highest BCUT2D eigenvalue weighted by molar-refractivity contribution is 9.12. The van der Waals surface area contributed by atoms with Crippen LogP contribution in [0, 0.1) is 23.7 Å². The van der Waals surface area contributed by atoms with Crippen LogP contribution >= 0.6 is 31.9 Å². The van der Waals surface area contributed by atoms with E-state index in [1.165, 1.54) is 16.0 Å². The van der Waals surface area contributed by atoms with Gasteiger partial charge >= 0.3 is 0 Å². The number of fused-ring (bicyclic) bond motifs is 5.